The van der Waals surface area contributed by atoms with Gasteiger partial charge in [-0.3, -0.25) is 0 Å². The Balaban J connectivity index is 2.15. The first-order valence-corrected chi connectivity index (χ1v) is 7.70. The van der Waals surface area contributed by atoms with Gasteiger partial charge in [-0.2, -0.15) is 22.9 Å². The van der Waals surface area contributed by atoms with E-state index in [0.29, 0.717) is 20.2 Å². The number of thioether (sulfide) groups is 1. The van der Waals surface area contributed by atoms with Gasteiger partial charge in [-0.05, 0) is 18.2 Å². The molecule has 0 saturated heterocycles. The molecule has 0 unspecified atom stereocenters. The second-order valence-corrected chi connectivity index (χ2v) is 6.31. The molecule has 110 valence electrons. The first-order valence-electron chi connectivity index (χ1n) is 5.55. The SMILES string of the molecule is FC(F)(F)C1=Nn2c(nnc2-c2cc(Cl)ccc2Br)SC1. The summed E-state index contributed by atoms with van der Waals surface area (Å²) in [6.07, 6.45) is -4.47. The number of rotatable bonds is 1. The highest BCUT2D eigenvalue weighted by atomic mass is 79.9. The lowest BCUT2D eigenvalue weighted by molar-refractivity contribution is -0.0595. The largest absolute Gasteiger partial charge is 0.432 e. The van der Waals surface area contributed by atoms with Crippen LogP contribution in [0.15, 0.2) is 32.9 Å². The van der Waals surface area contributed by atoms with E-state index in [2.05, 4.69) is 31.2 Å². The average Bonchev–Trinajstić information content (AvgIpc) is 2.83. The van der Waals surface area contributed by atoms with Gasteiger partial charge in [0, 0.05) is 15.1 Å². The molecule has 2 aromatic rings. The molecule has 2 heterocycles. The molecular formula is C11H5BrClF3N4S. The first-order chi connectivity index (χ1) is 9.86. The van der Waals surface area contributed by atoms with Gasteiger partial charge in [0.05, 0.1) is 5.75 Å². The summed E-state index contributed by atoms with van der Waals surface area (Å²) in [6.45, 7) is 0. The van der Waals surface area contributed by atoms with Gasteiger partial charge in [-0.25, -0.2) is 0 Å². The Hall–Kier alpha value is -1.06. The van der Waals surface area contributed by atoms with Gasteiger partial charge >= 0.3 is 6.18 Å². The molecule has 0 saturated carbocycles. The third kappa shape index (κ3) is 2.82. The lowest BCUT2D eigenvalue weighted by Crippen LogP contribution is -2.28. The maximum Gasteiger partial charge on any atom is 0.432 e. The van der Waals surface area contributed by atoms with Crippen molar-refractivity contribution in [1.29, 1.82) is 0 Å². The highest BCUT2D eigenvalue weighted by Gasteiger charge is 2.38. The standard InChI is InChI=1S/C11H5BrClF3N4S/c12-7-2-1-5(13)3-6(7)9-17-18-10-20(9)19-8(4-21-10)11(14,15)16/h1-3H,4H2. The third-order valence-electron chi connectivity index (χ3n) is 2.67. The van der Waals surface area contributed by atoms with Crippen molar-refractivity contribution in [1.82, 2.24) is 14.9 Å². The number of aromatic nitrogens is 3. The van der Waals surface area contributed by atoms with E-state index in [-0.39, 0.29) is 11.6 Å². The molecular weight excluding hydrogens is 393 g/mol. The summed E-state index contributed by atoms with van der Waals surface area (Å²) in [7, 11) is 0. The maximum atomic E-state index is 12.8. The Morgan fingerprint density at radius 2 is 2.05 bits per heavy atom. The van der Waals surface area contributed by atoms with E-state index in [9.17, 15) is 13.2 Å². The molecule has 0 aliphatic carbocycles. The Labute approximate surface area is 134 Å². The summed E-state index contributed by atoms with van der Waals surface area (Å²) < 4.78 is 40.1. The molecule has 4 nitrogen and oxygen atoms in total. The van der Waals surface area contributed by atoms with Gasteiger partial charge in [0.1, 0.15) is 0 Å². The molecule has 10 heteroatoms. The summed E-state index contributed by atoms with van der Waals surface area (Å²) in [5, 5.41) is 12.1. The van der Waals surface area contributed by atoms with Crippen molar-refractivity contribution in [3.63, 3.8) is 0 Å². The van der Waals surface area contributed by atoms with Gasteiger partial charge < -0.3 is 0 Å². The fourth-order valence-corrected chi connectivity index (χ4v) is 3.13. The second-order valence-electron chi connectivity index (χ2n) is 4.08. The normalized spacial score (nSPS) is 14.8. The van der Waals surface area contributed by atoms with Crippen LogP contribution in [0.3, 0.4) is 0 Å². The zero-order valence-corrected chi connectivity index (χ0v) is 13.2. The minimum absolute atomic E-state index is 0.202. The predicted molar refractivity (Wildman–Crippen MR) is 77.8 cm³/mol. The van der Waals surface area contributed by atoms with Crippen molar-refractivity contribution in [2.24, 2.45) is 5.10 Å². The third-order valence-corrected chi connectivity index (χ3v) is 4.52. The van der Waals surface area contributed by atoms with Crippen molar-refractivity contribution in [2.45, 2.75) is 11.3 Å². The van der Waals surface area contributed by atoms with Crippen LogP contribution in [0, 0.1) is 0 Å². The van der Waals surface area contributed by atoms with E-state index >= 15 is 0 Å². The summed E-state index contributed by atoms with van der Waals surface area (Å²) in [6, 6.07) is 4.93. The van der Waals surface area contributed by atoms with Gasteiger partial charge in [0.25, 0.3) is 0 Å². The number of fused-ring (bicyclic) bond motifs is 1. The number of alkyl halides is 3. The van der Waals surface area contributed by atoms with E-state index in [1.54, 1.807) is 18.2 Å². The quantitative estimate of drug-likeness (QED) is 0.723. The van der Waals surface area contributed by atoms with E-state index in [1.165, 1.54) is 0 Å². The Bertz CT molecular complexity index is 744. The zero-order valence-electron chi connectivity index (χ0n) is 10.0. The molecule has 1 aromatic carbocycles. The summed E-state index contributed by atoms with van der Waals surface area (Å²) in [5.74, 6) is -0.0773. The Morgan fingerprint density at radius 1 is 1.29 bits per heavy atom. The van der Waals surface area contributed by atoms with Crippen molar-refractivity contribution in [3.05, 3.63) is 27.7 Å². The molecule has 0 spiro atoms. The topological polar surface area (TPSA) is 43.1 Å². The molecule has 0 atom stereocenters. The van der Waals surface area contributed by atoms with Crippen LogP contribution in [0.5, 0.6) is 0 Å². The van der Waals surface area contributed by atoms with Gasteiger partial charge in [-0.1, -0.05) is 39.3 Å². The monoisotopic (exact) mass is 396 g/mol. The van der Waals surface area contributed by atoms with Gasteiger partial charge in [0.15, 0.2) is 11.5 Å². The predicted octanol–water partition coefficient (Wildman–Crippen LogP) is 4.23. The highest BCUT2D eigenvalue weighted by Crippen LogP contribution is 2.34. The van der Waals surface area contributed by atoms with Crippen LogP contribution in [-0.2, 0) is 0 Å². The van der Waals surface area contributed by atoms with Crippen LogP contribution >= 0.6 is 39.3 Å². The lowest BCUT2D eigenvalue weighted by Gasteiger charge is -2.15. The van der Waals surface area contributed by atoms with Crippen molar-refractivity contribution in [3.8, 4) is 11.4 Å². The van der Waals surface area contributed by atoms with Crippen molar-refractivity contribution in [2.75, 3.05) is 5.75 Å². The van der Waals surface area contributed by atoms with Crippen LogP contribution in [0.1, 0.15) is 0 Å². The van der Waals surface area contributed by atoms with Gasteiger partial charge in [-0.15, -0.1) is 10.2 Å². The van der Waals surface area contributed by atoms with Crippen LogP contribution in [0.25, 0.3) is 11.4 Å². The number of hydrogen-bond acceptors (Lipinski definition) is 4. The average molecular weight is 398 g/mol. The highest BCUT2D eigenvalue weighted by molar-refractivity contribution is 9.10. The molecule has 0 N–H and O–H groups in total. The van der Waals surface area contributed by atoms with E-state index in [1.807, 2.05) is 0 Å². The Kier molecular flexibility index (Phi) is 3.74. The fourth-order valence-electron chi connectivity index (χ4n) is 1.70. The van der Waals surface area contributed by atoms with Crippen molar-refractivity contribution >= 4 is 45.0 Å². The molecule has 0 amide bonds. The molecule has 0 radical (unpaired) electrons. The number of benzene rings is 1. The number of halogens is 5. The number of hydrogen-bond donors (Lipinski definition) is 0. The summed E-state index contributed by atoms with van der Waals surface area (Å²) in [4.78, 5) is 0. The summed E-state index contributed by atoms with van der Waals surface area (Å²) in [5.41, 5.74) is -0.353. The molecule has 21 heavy (non-hydrogen) atoms. The van der Waals surface area contributed by atoms with Gasteiger partial charge in [0.2, 0.25) is 5.16 Å². The van der Waals surface area contributed by atoms with Crippen LogP contribution in [0.4, 0.5) is 13.2 Å². The van der Waals surface area contributed by atoms with E-state index in [4.69, 9.17) is 11.6 Å². The Morgan fingerprint density at radius 3 is 2.76 bits per heavy atom. The van der Waals surface area contributed by atoms with Crippen LogP contribution in [0.2, 0.25) is 5.02 Å². The molecule has 0 fully saturated rings. The fraction of sp³-hybridized carbons (Fsp3) is 0.182. The van der Waals surface area contributed by atoms with Crippen molar-refractivity contribution < 1.29 is 13.2 Å². The van der Waals surface area contributed by atoms with E-state index < -0.39 is 11.9 Å². The first kappa shape index (κ1) is 14.9. The second kappa shape index (κ2) is 5.29. The van der Waals surface area contributed by atoms with E-state index in [0.717, 1.165) is 16.4 Å². The zero-order chi connectivity index (χ0) is 15.2. The smallest absolute Gasteiger partial charge is 0.186 e. The lowest BCUT2D eigenvalue weighted by atomic mass is 10.2. The number of nitrogens with zero attached hydrogens (tertiary/aromatic N) is 4. The molecule has 0 bridgehead atoms. The molecule has 3 rings (SSSR count). The minimum atomic E-state index is -4.47. The molecule has 1 aliphatic rings. The molecule has 1 aromatic heterocycles. The van der Waals surface area contributed by atoms with Crippen LogP contribution in [-0.4, -0.2) is 32.5 Å². The minimum Gasteiger partial charge on any atom is -0.186 e. The summed E-state index contributed by atoms with van der Waals surface area (Å²) >= 11 is 10.2. The maximum absolute atomic E-state index is 12.8. The van der Waals surface area contributed by atoms with Crippen LogP contribution < -0.4 is 0 Å². The molecule has 1 aliphatic heterocycles.